The lowest BCUT2D eigenvalue weighted by Crippen LogP contribution is -2.30. The molecule has 3 aromatic carbocycles. The number of hydrogen-bond acceptors (Lipinski definition) is 3. The van der Waals surface area contributed by atoms with Crippen LogP contribution >= 0.6 is 11.6 Å². The van der Waals surface area contributed by atoms with Crippen LogP contribution in [0.3, 0.4) is 0 Å². The van der Waals surface area contributed by atoms with E-state index in [0.29, 0.717) is 34.2 Å². The number of anilines is 1. The molecule has 3 rings (SSSR count). The Bertz CT molecular complexity index is 1090. The van der Waals surface area contributed by atoms with Crippen molar-refractivity contribution in [2.45, 2.75) is 13.8 Å². The molecule has 0 atom stereocenters. The number of carbonyl (C=O) groups excluding carboxylic acids is 2. The zero-order valence-corrected chi connectivity index (χ0v) is 18.1. The van der Waals surface area contributed by atoms with Gasteiger partial charge in [-0.3, -0.25) is 9.59 Å². The molecule has 2 N–H and O–H groups in total. The number of ether oxygens (including phenoxy) is 1. The summed E-state index contributed by atoms with van der Waals surface area (Å²) in [5.41, 5.74) is 2.75. The van der Waals surface area contributed by atoms with Crippen LogP contribution in [0.2, 0.25) is 5.02 Å². The van der Waals surface area contributed by atoms with Crippen molar-refractivity contribution in [1.29, 1.82) is 0 Å². The fourth-order valence-electron chi connectivity index (χ4n) is 2.81. The molecule has 0 saturated carbocycles. The molecule has 31 heavy (non-hydrogen) atoms. The molecule has 0 unspecified atom stereocenters. The van der Waals surface area contributed by atoms with Gasteiger partial charge in [-0.15, -0.1) is 0 Å². The Morgan fingerprint density at radius 1 is 0.968 bits per heavy atom. The van der Waals surface area contributed by atoms with E-state index in [1.165, 1.54) is 0 Å². The third-order valence-electron chi connectivity index (χ3n) is 4.43. The Hall–Kier alpha value is -3.57. The van der Waals surface area contributed by atoms with E-state index in [4.69, 9.17) is 16.3 Å². The van der Waals surface area contributed by atoms with E-state index in [-0.39, 0.29) is 11.6 Å². The first-order valence-electron chi connectivity index (χ1n) is 9.84. The van der Waals surface area contributed by atoms with Crippen molar-refractivity contribution in [2.24, 2.45) is 0 Å². The lowest BCUT2D eigenvalue weighted by Gasteiger charge is -2.12. The zero-order valence-electron chi connectivity index (χ0n) is 17.3. The number of halogens is 1. The van der Waals surface area contributed by atoms with Gasteiger partial charge in [-0.25, -0.2) is 0 Å². The van der Waals surface area contributed by atoms with E-state index < -0.39 is 5.91 Å². The molecule has 3 aromatic rings. The molecule has 0 heterocycles. The van der Waals surface area contributed by atoms with E-state index in [0.717, 1.165) is 5.56 Å². The second-order valence-electron chi connectivity index (χ2n) is 6.81. The smallest absolute Gasteiger partial charge is 0.272 e. The maximum Gasteiger partial charge on any atom is 0.272 e. The molecule has 0 spiro atoms. The highest BCUT2D eigenvalue weighted by atomic mass is 35.5. The van der Waals surface area contributed by atoms with Gasteiger partial charge in [0.2, 0.25) is 0 Å². The number of amides is 2. The Kier molecular flexibility index (Phi) is 7.46. The zero-order chi connectivity index (χ0) is 22.2. The molecular weight excluding hydrogens is 412 g/mol. The van der Waals surface area contributed by atoms with Gasteiger partial charge >= 0.3 is 0 Å². The van der Waals surface area contributed by atoms with E-state index in [1.807, 2.05) is 32.0 Å². The predicted molar refractivity (Wildman–Crippen MR) is 124 cm³/mol. The molecule has 0 aromatic heterocycles. The third-order valence-corrected chi connectivity index (χ3v) is 4.78. The highest BCUT2D eigenvalue weighted by Gasteiger charge is 2.16. The Balaban J connectivity index is 1.85. The standard InChI is InChI=1S/C25H23ClN2O3/c1-3-31-21-14-12-20(13-15-21)27-25(30)23(16-19-6-4-5-7-22(19)26)28-24(29)18-10-8-17(2)9-11-18/h4-16H,3H2,1-2H3,(H,27,30)(H,28,29)/b23-16-. The van der Waals surface area contributed by atoms with Crippen molar-refractivity contribution in [3.8, 4) is 5.75 Å². The van der Waals surface area contributed by atoms with Crippen LogP contribution in [0.5, 0.6) is 5.75 Å². The lowest BCUT2D eigenvalue weighted by atomic mass is 10.1. The molecule has 5 nitrogen and oxygen atoms in total. The average molecular weight is 435 g/mol. The molecule has 0 aliphatic heterocycles. The first-order chi connectivity index (χ1) is 15.0. The number of nitrogens with one attached hydrogen (secondary N) is 2. The van der Waals surface area contributed by atoms with Gasteiger partial charge in [0.15, 0.2) is 0 Å². The number of aryl methyl sites for hydroxylation is 1. The second kappa shape index (κ2) is 10.5. The number of benzene rings is 3. The van der Waals surface area contributed by atoms with Crippen molar-refractivity contribution in [1.82, 2.24) is 5.32 Å². The minimum atomic E-state index is -0.468. The average Bonchev–Trinajstić information content (AvgIpc) is 2.76. The van der Waals surface area contributed by atoms with Gasteiger partial charge in [0.05, 0.1) is 6.61 Å². The first kappa shape index (κ1) is 22.1. The van der Waals surface area contributed by atoms with Gasteiger partial charge in [0.25, 0.3) is 11.8 Å². The normalized spacial score (nSPS) is 11.0. The van der Waals surface area contributed by atoms with E-state index in [1.54, 1.807) is 60.7 Å². The highest BCUT2D eigenvalue weighted by Crippen LogP contribution is 2.20. The third kappa shape index (κ3) is 6.20. The number of carbonyl (C=O) groups is 2. The maximum atomic E-state index is 13.0. The van der Waals surface area contributed by atoms with E-state index >= 15 is 0 Å². The summed E-state index contributed by atoms with van der Waals surface area (Å²) in [5.74, 6) is -0.148. The fourth-order valence-corrected chi connectivity index (χ4v) is 3.00. The summed E-state index contributed by atoms with van der Waals surface area (Å²) in [7, 11) is 0. The Labute approximate surface area is 186 Å². The quantitative estimate of drug-likeness (QED) is 0.485. The largest absolute Gasteiger partial charge is 0.494 e. The van der Waals surface area contributed by atoms with Crippen LogP contribution in [0.15, 0.2) is 78.5 Å². The van der Waals surface area contributed by atoms with Crippen LogP contribution in [0.1, 0.15) is 28.4 Å². The van der Waals surface area contributed by atoms with E-state index in [9.17, 15) is 9.59 Å². The number of hydrogen-bond donors (Lipinski definition) is 2. The summed E-state index contributed by atoms with van der Waals surface area (Å²) in [6.45, 7) is 4.40. The summed E-state index contributed by atoms with van der Waals surface area (Å²) in [5, 5.41) is 5.97. The molecule has 0 radical (unpaired) electrons. The summed E-state index contributed by atoms with van der Waals surface area (Å²) in [6.07, 6.45) is 1.55. The summed E-state index contributed by atoms with van der Waals surface area (Å²) in [6, 6.07) is 21.2. The molecule has 158 valence electrons. The molecule has 2 amide bonds. The molecule has 0 bridgehead atoms. The Morgan fingerprint density at radius 2 is 1.65 bits per heavy atom. The molecule has 0 fully saturated rings. The first-order valence-corrected chi connectivity index (χ1v) is 10.2. The molecule has 6 heteroatoms. The van der Waals surface area contributed by atoms with Crippen molar-refractivity contribution in [3.63, 3.8) is 0 Å². The molecule has 0 saturated heterocycles. The van der Waals surface area contributed by atoms with Crippen LogP contribution in [-0.4, -0.2) is 18.4 Å². The van der Waals surface area contributed by atoms with Gasteiger partial charge in [-0.05, 0) is 68.0 Å². The predicted octanol–water partition coefficient (Wildman–Crippen LogP) is 5.46. The van der Waals surface area contributed by atoms with E-state index in [2.05, 4.69) is 10.6 Å². The van der Waals surface area contributed by atoms with Gasteiger partial charge in [-0.2, -0.15) is 0 Å². The van der Waals surface area contributed by atoms with Crippen LogP contribution < -0.4 is 15.4 Å². The van der Waals surface area contributed by atoms with Crippen LogP contribution in [0.4, 0.5) is 5.69 Å². The second-order valence-corrected chi connectivity index (χ2v) is 7.22. The van der Waals surface area contributed by atoms with Crippen LogP contribution in [-0.2, 0) is 4.79 Å². The maximum absolute atomic E-state index is 13.0. The summed E-state index contributed by atoms with van der Waals surface area (Å²) >= 11 is 6.25. The summed E-state index contributed by atoms with van der Waals surface area (Å²) < 4.78 is 5.42. The lowest BCUT2D eigenvalue weighted by molar-refractivity contribution is -0.113. The minimum absolute atomic E-state index is 0.0764. The van der Waals surface area contributed by atoms with Crippen molar-refractivity contribution in [2.75, 3.05) is 11.9 Å². The Morgan fingerprint density at radius 3 is 2.29 bits per heavy atom. The fraction of sp³-hybridized carbons (Fsp3) is 0.120. The molecule has 0 aliphatic rings. The van der Waals surface area contributed by atoms with Gasteiger partial charge < -0.3 is 15.4 Å². The number of rotatable bonds is 7. The molecule has 0 aliphatic carbocycles. The van der Waals surface area contributed by atoms with Crippen LogP contribution in [0, 0.1) is 6.92 Å². The van der Waals surface area contributed by atoms with Crippen molar-refractivity contribution < 1.29 is 14.3 Å². The van der Waals surface area contributed by atoms with Gasteiger partial charge in [0, 0.05) is 16.3 Å². The van der Waals surface area contributed by atoms with Crippen LogP contribution in [0.25, 0.3) is 6.08 Å². The van der Waals surface area contributed by atoms with Gasteiger partial charge in [-0.1, -0.05) is 47.5 Å². The topological polar surface area (TPSA) is 67.4 Å². The summed E-state index contributed by atoms with van der Waals surface area (Å²) in [4.78, 5) is 25.7. The van der Waals surface area contributed by atoms with Gasteiger partial charge in [0.1, 0.15) is 11.4 Å². The minimum Gasteiger partial charge on any atom is -0.494 e. The SMILES string of the molecule is CCOc1ccc(NC(=O)/C(=C/c2ccccc2Cl)NC(=O)c2ccc(C)cc2)cc1. The highest BCUT2D eigenvalue weighted by molar-refractivity contribution is 6.32. The molecular formula is C25H23ClN2O3. The monoisotopic (exact) mass is 434 g/mol. The van der Waals surface area contributed by atoms with Crippen molar-refractivity contribution >= 4 is 35.2 Å². The van der Waals surface area contributed by atoms with Crippen molar-refractivity contribution in [3.05, 3.63) is 100 Å².